The van der Waals surface area contributed by atoms with E-state index in [1.165, 1.54) is 25.7 Å². The average molecular weight is 367 g/mol. The van der Waals surface area contributed by atoms with Crippen molar-refractivity contribution in [2.24, 2.45) is 5.92 Å². The number of hydrogen-bond acceptors (Lipinski definition) is 4. The summed E-state index contributed by atoms with van der Waals surface area (Å²) in [4.78, 5) is 23.6. The summed E-state index contributed by atoms with van der Waals surface area (Å²) in [6.45, 7) is 1.37. The van der Waals surface area contributed by atoms with Gasteiger partial charge in [-0.2, -0.15) is 0 Å². The van der Waals surface area contributed by atoms with Gasteiger partial charge < -0.3 is 10.2 Å². The van der Waals surface area contributed by atoms with Crippen molar-refractivity contribution in [2.75, 3.05) is 18.5 Å². The zero-order valence-electron chi connectivity index (χ0n) is 16.2. The zero-order chi connectivity index (χ0) is 18.9. The van der Waals surface area contributed by atoms with Gasteiger partial charge in [-0.25, -0.2) is 4.98 Å². The molecule has 0 bridgehead atoms. The van der Waals surface area contributed by atoms with E-state index in [1.54, 1.807) is 0 Å². The number of aromatic nitrogens is 2. The van der Waals surface area contributed by atoms with Crippen molar-refractivity contribution in [2.45, 2.75) is 51.5 Å². The second kappa shape index (κ2) is 10.0. The number of anilines is 1. The Bertz CT molecular complexity index is 711. The average Bonchev–Trinajstić information content (AvgIpc) is 3.01. The molecule has 1 amide bonds. The molecule has 0 saturated heterocycles. The molecule has 3 rings (SSSR count). The molecular formula is C22H30N4O. The first kappa shape index (κ1) is 19.3. The van der Waals surface area contributed by atoms with Gasteiger partial charge in [0.1, 0.15) is 5.82 Å². The quantitative estimate of drug-likeness (QED) is 0.759. The molecule has 0 aromatic carbocycles. The first-order valence-corrected chi connectivity index (χ1v) is 10.1. The summed E-state index contributed by atoms with van der Waals surface area (Å²) in [5, 5.41) is 3.15. The standard InChI is InChI=1S/C22H30N4O/c1-26(16-13-20-12-6-7-14-23-20)21-19(11-8-15-24-21)17-25-22(27)18-9-4-2-3-5-10-18/h6-8,11-12,14-15,18H,2-5,9-10,13,16-17H2,1H3,(H,25,27). The van der Waals surface area contributed by atoms with E-state index in [0.717, 1.165) is 42.9 Å². The van der Waals surface area contributed by atoms with Crippen LogP contribution in [-0.4, -0.2) is 29.5 Å². The third-order valence-electron chi connectivity index (χ3n) is 5.34. The molecule has 1 fully saturated rings. The summed E-state index contributed by atoms with van der Waals surface area (Å²) in [6.07, 6.45) is 11.4. The first-order chi connectivity index (χ1) is 13.2. The number of rotatable bonds is 7. The molecular weight excluding hydrogens is 336 g/mol. The van der Waals surface area contributed by atoms with Gasteiger partial charge in [-0.05, 0) is 31.0 Å². The highest BCUT2D eigenvalue weighted by atomic mass is 16.1. The highest BCUT2D eigenvalue weighted by Gasteiger charge is 2.20. The van der Waals surface area contributed by atoms with E-state index in [0.29, 0.717) is 6.54 Å². The first-order valence-electron chi connectivity index (χ1n) is 10.1. The lowest BCUT2D eigenvalue weighted by molar-refractivity contribution is -0.125. The van der Waals surface area contributed by atoms with Crippen LogP contribution in [0.15, 0.2) is 42.7 Å². The van der Waals surface area contributed by atoms with Crippen molar-refractivity contribution in [3.05, 3.63) is 54.0 Å². The van der Waals surface area contributed by atoms with Crippen LogP contribution < -0.4 is 10.2 Å². The fourth-order valence-electron chi connectivity index (χ4n) is 3.71. The van der Waals surface area contributed by atoms with Crippen LogP contribution in [0.4, 0.5) is 5.82 Å². The maximum atomic E-state index is 12.6. The summed E-state index contributed by atoms with van der Waals surface area (Å²) < 4.78 is 0. The molecule has 0 spiro atoms. The zero-order valence-corrected chi connectivity index (χ0v) is 16.2. The number of likely N-dealkylation sites (N-methyl/N-ethyl adjacent to an activating group) is 1. The maximum absolute atomic E-state index is 12.6. The Morgan fingerprint density at radius 3 is 2.59 bits per heavy atom. The second-order valence-electron chi connectivity index (χ2n) is 7.39. The van der Waals surface area contributed by atoms with Crippen LogP contribution >= 0.6 is 0 Å². The molecule has 27 heavy (non-hydrogen) atoms. The Kier molecular flexibility index (Phi) is 7.19. The Balaban J connectivity index is 1.57. The van der Waals surface area contributed by atoms with Crippen LogP contribution in [0.3, 0.4) is 0 Å². The lowest BCUT2D eigenvalue weighted by Gasteiger charge is -2.22. The van der Waals surface area contributed by atoms with Gasteiger partial charge in [0, 0.05) is 56.1 Å². The van der Waals surface area contributed by atoms with Crippen molar-refractivity contribution < 1.29 is 4.79 Å². The molecule has 5 heteroatoms. The van der Waals surface area contributed by atoms with E-state index in [4.69, 9.17) is 0 Å². The SMILES string of the molecule is CN(CCc1ccccn1)c1ncccc1CNC(=O)C1CCCCCC1. The highest BCUT2D eigenvalue weighted by Crippen LogP contribution is 2.23. The molecule has 0 unspecified atom stereocenters. The summed E-state index contributed by atoms with van der Waals surface area (Å²) in [6, 6.07) is 9.97. The molecule has 0 atom stereocenters. The van der Waals surface area contributed by atoms with Gasteiger partial charge in [0.15, 0.2) is 0 Å². The van der Waals surface area contributed by atoms with Crippen molar-refractivity contribution in [1.82, 2.24) is 15.3 Å². The second-order valence-corrected chi connectivity index (χ2v) is 7.39. The molecule has 144 valence electrons. The summed E-state index contributed by atoms with van der Waals surface area (Å²) in [7, 11) is 2.04. The van der Waals surface area contributed by atoms with Gasteiger partial charge >= 0.3 is 0 Å². The van der Waals surface area contributed by atoms with E-state index in [1.807, 2.05) is 49.8 Å². The molecule has 1 aliphatic rings. The lowest BCUT2D eigenvalue weighted by Crippen LogP contribution is -2.31. The number of carbonyl (C=O) groups excluding carboxylic acids is 1. The number of pyridine rings is 2. The Morgan fingerprint density at radius 2 is 1.85 bits per heavy atom. The van der Waals surface area contributed by atoms with Crippen LogP contribution in [0.25, 0.3) is 0 Å². The molecule has 2 aromatic heterocycles. The smallest absolute Gasteiger partial charge is 0.223 e. The fourth-order valence-corrected chi connectivity index (χ4v) is 3.71. The minimum Gasteiger partial charge on any atom is -0.359 e. The highest BCUT2D eigenvalue weighted by molar-refractivity contribution is 5.78. The number of carbonyl (C=O) groups is 1. The molecule has 1 saturated carbocycles. The van der Waals surface area contributed by atoms with Gasteiger partial charge in [0.25, 0.3) is 0 Å². The van der Waals surface area contributed by atoms with Crippen LogP contribution in [-0.2, 0) is 17.8 Å². The van der Waals surface area contributed by atoms with E-state index in [2.05, 4.69) is 20.2 Å². The summed E-state index contributed by atoms with van der Waals surface area (Å²) in [5.74, 6) is 1.30. The van der Waals surface area contributed by atoms with Crippen LogP contribution in [0.5, 0.6) is 0 Å². The molecule has 0 radical (unpaired) electrons. The molecule has 1 aliphatic carbocycles. The maximum Gasteiger partial charge on any atom is 0.223 e. The number of amides is 1. The van der Waals surface area contributed by atoms with E-state index >= 15 is 0 Å². The predicted molar refractivity (Wildman–Crippen MR) is 108 cm³/mol. The third kappa shape index (κ3) is 5.78. The van der Waals surface area contributed by atoms with Crippen LogP contribution in [0.2, 0.25) is 0 Å². The largest absolute Gasteiger partial charge is 0.359 e. The van der Waals surface area contributed by atoms with Crippen LogP contribution in [0.1, 0.15) is 49.8 Å². The van der Waals surface area contributed by atoms with Crippen molar-refractivity contribution in [3.8, 4) is 0 Å². The van der Waals surface area contributed by atoms with Gasteiger partial charge in [-0.3, -0.25) is 9.78 Å². The van der Waals surface area contributed by atoms with E-state index < -0.39 is 0 Å². The van der Waals surface area contributed by atoms with Gasteiger partial charge in [0.2, 0.25) is 5.91 Å². The van der Waals surface area contributed by atoms with Gasteiger partial charge in [-0.1, -0.05) is 37.8 Å². The predicted octanol–water partition coefficient (Wildman–Crippen LogP) is 3.74. The van der Waals surface area contributed by atoms with Crippen LogP contribution in [0, 0.1) is 5.92 Å². The summed E-state index contributed by atoms with van der Waals surface area (Å²) in [5.41, 5.74) is 2.13. The normalized spacial score (nSPS) is 15.1. The van der Waals surface area contributed by atoms with Crippen molar-refractivity contribution in [3.63, 3.8) is 0 Å². The van der Waals surface area contributed by atoms with Gasteiger partial charge in [-0.15, -0.1) is 0 Å². The molecule has 5 nitrogen and oxygen atoms in total. The Morgan fingerprint density at radius 1 is 1.07 bits per heavy atom. The monoisotopic (exact) mass is 366 g/mol. The molecule has 1 N–H and O–H groups in total. The number of hydrogen-bond donors (Lipinski definition) is 1. The lowest BCUT2D eigenvalue weighted by atomic mass is 9.99. The molecule has 2 heterocycles. The molecule has 0 aliphatic heterocycles. The number of nitrogens with one attached hydrogen (secondary N) is 1. The Labute approximate surface area is 162 Å². The van der Waals surface area contributed by atoms with E-state index in [9.17, 15) is 4.79 Å². The topological polar surface area (TPSA) is 58.1 Å². The third-order valence-corrected chi connectivity index (χ3v) is 5.34. The van der Waals surface area contributed by atoms with E-state index in [-0.39, 0.29) is 11.8 Å². The minimum absolute atomic E-state index is 0.175. The number of nitrogens with zero attached hydrogens (tertiary/aromatic N) is 3. The van der Waals surface area contributed by atoms with Gasteiger partial charge in [0.05, 0.1) is 0 Å². The minimum atomic E-state index is 0.175. The van der Waals surface area contributed by atoms with Crippen molar-refractivity contribution in [1.29, 1.82) is 0 Å². The Hall–Kier alpha value is -2.43. The summed E-state index contributed by atoms with van der Waals surface area (Å²) >= 11 is 0. The van der Waals surface area contributed by atoms with Crippen molar-refractivity contribution >= 4 is 11.7 Å². The fraction of sp³-hybridized carbons (Fsp3) is 0.500. The molecule has 2 aromatic rings.